The Morgan fingerprint density at radius 2 is 1.86 bits per heavy atom. The number of carbonyl (C=O) groups is 2. The topological polar surface area (TPSA) is 119 Å². The lowest BCUT2D eigenvalue weighted by Crippen LogP contribution is -2.40. The van der Waals surface area contributed by atoms with Crippen molar-refractivity contribution in [2.24, 2.45) is 5.92 Å². The monoisotopic (exact) mass is 438 g/mol. The number of nitrogens with zero attached hydrogens (tertiary/aromatic N) is 3. The summed E-state index contributed by atoms with van der Waals surface area (Å²) in [7, 11) is -3.83. The number of ether oxygens (including phenoxy) is 1. The number of aryl methyl sites for hydroxylation is 1. The molecule has 0 radical (unpaired) electrons. The van der Waals surface area contributed by atoms with Gasteiger partial charge < -0.3 is 4.74 Å². The number of piperidine rings is 1. The SMILES string of the molecule is CCOC(=O)C1CCN(S(=O)(=O)c2nnc(NC(=O)c3ccc(C)cc3)s2)CC1. The first-order chi connectivity index (χ1) is 13.8. The fraction of sp³-hybridized carbons (Fsp3) is 0.444. The van der Waals surface area contributed by atoms with E-state index in [-0.39, 0.29) is 40.4 Å². The van der Waals surface area contributed by atoms with E-state index in [0.717, 1.165) is 16.9 Å². The van der Waals surface area contributed by atoms with Crippen molar-refractivity contribution in [1.29, 1.82) is 0 Å². The molecule has 0 atom stereocenters. The van der Waals surface area contributed by atoms with Crippen LogP contribution in [0.5, 0.6) is 0 Å². The van der Waals surface area contributed by atoms with Crippen LogP contribution in [0.1, 0.15) is 35.7 Å². The Labute approximate surface area is 173 Å². The molecule has 11 heteroatoms. The molecule has 0 unspecified atom stereocenters. The van der Waals surface area contributed by atoms with Crippen LogP contribution in [0.3, 0.4) is 0 Å². The van der Waals surface area contributed by atoms with E-state index in [1.807, 2.05) is 19.1 Å². The Balaban J connectivity index is 1.64. The zero-order valence-electron chi connectivity index (χ0n) is 16.1. The quantitative estimate of drug-likeness (QED) is 0.542. The number of anilines is 1. The number of amides is 1. The van der Waals surface area contributed by atoms with Gasteiger partial charge in [-0.1, -0.05) is 29.0 Å². The Morgan fingerprint density at radius 3 is 2.48 bits per heavy atom. The van der Waals surface area contributed by atoms with Crippen LogP contribution < -0.4 is 5.32 Å². The minimum absolute atomic E-state index is 0.107. The molecule has 2 heterocycles. The zero-order chi connectivity index (χ0) is 21.0. The summed E-state index contributed by atoms with van der Waals surface area (Å²) in [6.45, 7) is 4.37. The highest BCUT2D eigenvalue weighted by Crippen LogP contribution is 2.28. The predicted octanol–water partition coefficient (Wildman–Crippen LogP) is 2.06. The van der Waals surface area contributed by atoms with E-state index in [1.165, 1.54) is 4.31 Å². The lowest BCUT2D eigenvalue weighted by molar-refractivity contribution is -0.149. The molecule has 3 rings (SSSR count). The van der Waals surface area contributed by atoms with E-state index in [2.05, 4.69) is 15.5 Å². The predicted molar refractivity (Wildman–Crippen MR) is 107 cm³/mol. The normalized spacial score (nSPS) is 15.8. The molecule has 29 heavy (non-hydrogen) atoms. The van der Waals surface area contributed by atoms with Gasteiger partial charge in [0.25, 0.3) is 15.9 Å². The highest BCUT2D eigenvalue weighted by molar-refractivity contribution is 7.91. The minimum Gasteiger partial charge on any atom is -0.466 e. The van der Waals surface area contributed by atoms with E-state index in [9.17, 15) is 18.0 Å². The van der Waals surface area contributed by atoms with Gasteiger partial charge in [-0.15, -0.1) is 10.2 Å². The van der Waals surface area contributed by atoms with Crippen LogP contribution in [-0.4, -0.2) is 54.5 Å². The van der Waals surface area contributed by atoms with Crippen molar-refractivity contribution in [2.45, 2.75) is 31.0 Å². The zero-order valence-corrected chi connectivity index (χ0v) is 17.8. The third kappa shape index (κ3) is 4.98. The summed E-state index contributed by atoms with van der Waals surface area (Å²) in [5.74, 6) is -0.970. The lowest BCUT2D eigenvalue weighted by Gasteiger charge is -2.29. The Morgan fingerprint density at radius 1 is 1.21 bits per heavy atom. The van der Waals surface area contributed by atoms with Crippen LogP contribution in [0.25, 0.3) is 0 Å². The number of aromatic nitrogens is 2. The first-order valence-electron chi connectivity index (χ1n) is 9.19. The van der Waals surface area contributed by atoms with Crippen molar-refractivity contribution in [3.8, 4) is 0 Å². The molecule has 1 aliphatic heterocycles. The Bertz CT molecular complexity index is 980. The second-order valence-electron chi connectivity index (χ2n) is 6.62. The van der Waals surface area contributed by atoms with Gasteiger partial charge in [-0.3, -0.25) is 14.9 Å². The summed E-state index contributed by atoms with van der Waals surface area (Å²) < 4.78 is 31.7. The molecule has 0 bridgehead atoms. The fourth-order valence-electron chi connectivity index (χ4n) is 2.94. The highest BCUT2D eigenvalue weighted by atomic mass is 32.2. The molecule has 1 aliphatic rings. The van der Waals surface area contributed by atoms with E-state index in [1.54, 1.807) is 19.1 Å². The van der Waals surface area contributed by atoms with E-state index in [4.69, 9.17) is 4.74 Å². The molecule has 1 amide bonds. The molecule has 156 valence electrons. The second-order valence-corrected chi connectivity index (χ2v) is 9.71. The number of hydrogen-bond donors (Lipinski definition) is 1. The number of hydrogen-bond acceptors (Lipinski definition) is 8. The maximum Gasteiger partial charge on any atom is 0.309 e. The third-order valence-electron chi connectivity index (χ3n) is 4.58. The number of esters is 1. The number of rotatable bonds is 6. The van der Waals surface area contributed by atoms with E-state index in [0.29, 0.717) is 25.0 Å². The largest absolute Gasteiger partial charge is 0.466 e. The van der Waals surface area contributed by atoms with Crippen molar-refractivity contribution in [3.63, 3.8) is 0 Å². The molecular formula is C18H22N4O5S2. The van der Waals surface area contributed by atoms with Gasteiger partial charge in [0.1, 0.15) is 0 Å². The van der Waals surface area contributed by atoms with Crippen molar-refractivity contribution in [3.05, 3.63) is 35.4 Å². The Hall–Kier alpha value is -2.37. The summed E-state index contributed by atoms with van der Waals surface area (Å²) in [6, 6.07) is 6.98. The van der Waals surface area contributed by atoms with E-state index >= 15 is 0 Å². The molecule has 1 aromatic heterocycles. The smallest absolute Gasteiger partial charge is 0.309 e. The number of carbonyl (C=O) groups excluding carboxylic acids is 2. The minimum atomic E-state index is -3.83. The first-order valence-corrected chi connectivity index (χ1v) is 11.4. The average Bonchev–Trinajstić information content (AvgIpc) is 3.18. The Kier molecular flexibility index (Phi) is 6.60. The summed E-state index contributed by atoms with van der Waals surface area (Å²) in [6.07, 6.45) is 0.793. The molecule has 1 N–H and O–H groups in total. The van der Waals surface area contributed by atoms with Gasteiger partial charge in [0, 0.05) is 18.7 Å². The van der Waals surface area contributed by atoms with Gasteiger partial charge in [0.2, 0.25) is 9.47 Å². The van der Waals surface area contributed by atoms with Gasteiger partial charge in [-0.25, -0.2) is 8.42 Å². The van der Waals surface area contributed by atoms with E-state index < -0.39 is 10.0 Å². The molecule has 1 saturated heterocycles. The molecule has 9 nitrogen and oxygen atoms in total. The average molecular weight is 439 g/mol. The van der Waals surface area contributed by atoms with Crippen LogP contribution in [0.4, 0.5) is 5.13 Å². The number of sulfonamides is 1. The summed E-state index contributed by atoms with van der Waals surface area (Å²) in [5, 5.41) is 10.2. The second kappa shape index (κ2) is 8.97. The summed E-state index contributed by atoms with van der Waals surface area (Å²) >= 11 is 0.799. The third-order valence-corrected chi connectivity index (χ3v) is 7.66. The summed E-state index contributed by atoms with van der Waals surface area (Å²) in [4.78, 5) is 24.1. The fourth-order valence-corrected chi connectivity index (χ4v) is 5.44. The standard InChI is InChI=1S/C18H22N4O5S2/c1-3-27-16(24)14-8-10-22(11-9-14)29(25,26)18-21-20-17(28-18)19-15(23)13-6-4-12(2)5-7-13/h4-7,14H,3,8-11H2,1-2H3,(H,19,20,23). The summed E-state index contributed by atoms with van der Waals surface area (Å²) in [5.41, 5.74) is 1.47. The molecule has 2 aromatic rings. The number of nitrogens with one attached hydrogen (secondary N) is 1. The highest BCUT2D eigenvalue weighted by Gasteiger charge is 2.34. The van der Waals surface area contributed by atoms with Crippen molar-refractivity contribution in [1.82, 2.24) is 14.5 Å². The number of benzene rings is 1. The van der Waals surface area contributed by atoms with Gasteiger partial charge in [-0.05, 0) is 38.8 Å². The molecule has 0 saturated carbocycles. The van der Waals surface area contributed by atoms with Crippen LogP contribution in [-0.2, 0) is 19.6 Å². The maximum atomic E-state index is 12.8. The molecule has 0 spiro atoms. The van der Waals surface area contributed by atoms with Gasteiger partial charge in [0.05, 0.1) is 12.5 Å². The molecule has 0 aliphatic carbocycles. The van der Waals surface area contributed by atoms with Crippen LogP contribution >= 0.6 is 11.3 Å². The van der Waals surface area contributed by atoms with Crippen LogP contribution in [0.15, 0.2) is 28.6 Å². The molecular weight excluding hydrogens is 416 g/mol. The van der Waals surface area contributed by atoms with Gasteiger partial charge in [0.15, 0.2) is 0 Å². The van der Waals surface area contributed by atoms with Crippen molar-refractivity contribution >= 4 is 38.4 Å². The molecule has 1 aromatic carbocycles. The molecule has 1 fully saturated rings. The van der Waals surface area contributed by atoms with Gasteiger partial charge >= 0.3 is 5.97 Å². The van der Waals surface area contributed by atoms with Gasteiger partial charge in [-0.2, -0.15) is 4.31 Å². The van der Waals surface area contributed by atoms with Crippen LogP contribution in [0.2, 0.25) is 0 Å². The first kappa shape index (κ1) is 21.3. The van der Waals surface area contributed by atoms with Crippen LogP contribution in [0, 0.1) is 12.8 Å². The maximum absolute atomic E-state index is 12.8. The lowest BCUT2D eigenvalue weighted by atomic mass is 9.98. The van der Waals surface area contributed by atoms with Crippen molar-refractivity contribution < 1.29 is 22.7 Å². The van der Waals surface area contributed by atoms with Crippen molar-refractivity contribution in [2.75, 3.05) is 25.0 Å².